The largest absolute Gasteiger partial charge is 0.248 e. The van der Waals surface area contributed by atoms with E-state index in [1.807, 2.05) is 6.08 Å². The molecule has 1 atom stereocenters. The van der Waals surface area contributed by atoms with E-state index < -0.39 is 0 Å². The van der Waals surface area contributed by atoms with Crippen LogP contribution >= 0.6 is 34.2 Å². The van der Waals surface area contributed by atoms with E-state index in [-0.39, 0.29) is 4.05 Å². The molecule has 0 fully saturated rings. The lowest BCUT2D eigenvalue weighted by atomic mass is 10.4. The topological polar surface area (TPSA) is 25.2 Å². The van der Waals surface area contributed by atoms with Crippen LogP contribution in [0.15, 0.2) is 17.3 Å². The Morgan fingerprint density at radius 2 is 2.36 bits per heavy atom. The summed E-state index contributed by atoms with van der Waals surface area (Å²) in [4.78, 5) is 8.33. The van der Waals surface area contributed by atoms with Gasteiger partial charge in [0.15, 0.2) is 5.49 Å². The maximum absolute atomic E-state index is 5.90. The van der Waals surface area contributed by atoms with Gasteiger partial charge in [0.25, 0.3) is 0 Å². The second-order valence-electron chi connectivity index (χ2n) is 2.20. The third kappa shape index (κ3) is 1.27. The first-order valence-corrected chi connectivity index (χ1v) is 4.74. The van der Waals surface area contributed by atoms with Crippen molar-refractivity contribution in [1.82, 2.24) is 4.98 Å². The van der Waals surface area contributed by atoms with Crippen LogP contribution in [-0.2, 0) is 0 Å². The Bertz CT molecular complexity index is 401. The molecule has 2 rings (SSSR count). The molecule has 0 unspecified atom stereocenters. The van der Waals surface area contributed by atoms with Gasteiger partial charge in [0.2, 0.25) is 0 Å². The summed E-state index contributed by atoms with van der Waals surface area (Å²) >= 11 is 8.12. The van der Waals surface area contributed by atoms with Crippen LogP contribution in [0.25, 0.3) is 6.08 Å². The Hall–Kier alpha value is -0.160. The number of aromatic nitrogens is 1. The van der Waals surface area contributed by atoms with Crippen molar-refractivity contribution in [3.05, 3.63) is 28.0 Å². The summed E-state index contributed by atoms with van der Waals surface area (Å²) < 4.78 is 0.190. The number of pyridine rings is 1. The Morgan fingerprint density at radius 1 is 1.55 bits per heavy atom. The molecule has 1 aliphatic rings. The molecule has 0 amide bonds. The lowest BCUT2D eigenvalue weighted by molar-refractivity contribution is 1.08. The zero-order chi connectivity index (χ0) is 7.84. The van der Waals surface area contributed by atoms with Crippen molar-refractivity contribution in [2.24, 2.45) is 4.99 Å². The van der Waals surface area contributed by atoms with Crippen LogP contribution in [0.1, 0.15) is 0 Å². The molecule has 0 saturated carbocycles. The number of alkyl halides is 1. The Kier molecular flexibility index (Phi) is 1.85. The highest BCUT2D eigenvalue weighted by atomic mass is 127. The summed E-state index contributed by atoms with van der Waals surface area (Å²) in [6.45, 7) is 0. The van der Waals surface area contributed by atoms with Gasteiger partial charge in [0.1, 0.15) is 4.05 Å². The quantitative estimate of drug-likeness (QED) is 0.393. The van der Waals surface area contributed by atoms with Crippen LogP contribution in [0, 0.1) is 0 Å². The standard InChI is InChI=1S/C7H4ClIN2/c8-5-1-2-10-7-4(5)3-6(9)11-7/h1-3,6H/t6-/m1/s1. The molecule has 0 aliphatic carbocycles. The zero-order valence-corrected chi connectivity index (χ0v) is 8.37. The molecule has 1 aromatic heterocycles. The van der Waals surface area contributed by atoms with Crippen LogP contribution in [0.3, 0.4) is 0 Å². The smallest absolute Gasteiger partial charge is 0.157 e. The predicted octanol–water partition coefficient (Wildman–Crippen LogP) is 0.910. The molecule has 0 spiro atoms. The SMILES string of the molecule is Clc1ccnc2c1=C[C@H](I)N=2. The van der Waals surface area contributed by atoms with Crippen molar-refractivity contribution < 1.29 is 0 Å². The summed E-state index contributed by atoms with van der Waals surface area (Å²) in [7, 11) is 0. The molecule has 0 aromatic carbocycles. The first kappa shape index (κ1) is 7.49. The first-order chi connectivity index (χ1) is 5.27. The molecular formula is C7H4ClIN2. The van der Waals surface area contributed by atoms with E-state index in [9.17, 15) is 0 Å². The first-order valence-electron chi connectivity index (χ1n) is 3.11. The minimum atomic E-state index is 0.190. The summed E-state index contributed by atoms with van der Waals surface area (Å²) in [5.74, 6) is 0. The van der Waals surface area contributed by atoms with Gasteiger partial charge in [-0.05, 0) is 12.1 Å². The fourth-order valence-corrected chi connectivity index (χ4v) is 1.82. The van der Waals surface area contributed by atoms with E-state index in [4.69, 9.17) is 11.6 Å². The fourth-order valence-electron chi connectivity index (χ4n) is 0.988. The van der Waals surface area contributed by atoms with Gasteiger partial charge in [-0.3, -0.25) is 0 Å². The fraction of sp³-hybridized carbons (Fsp3) is 0.143. The Balaban J connectivity index is 2.87. The van der Waals surface area contributed by atoms with Gasteiger partial charge in [-0.1, -0.05) is 34.2 Å². The molecule has 0 bridgehead atoms. The molecule has 2 nitrogen and oxygen atoms in total. The molecule has 1 aliphatic heterocycles. The number of rotatable bonds is 0. The van der Waals surface area contributed by atoms with Crippen molar-refractivity contribution in [2.45, 2.75) is 4.05 Å². The molecular weight excluding hydrogens is 274 g/mol. The van der Waals surface area contributed by atoms with Crippen molar-refractivity contribution in [3.8, 4) is 0 Å². The minimum absolute atomic E-state index is 0.190. The van der Waals surface area contributed by atoms with Gasteiger partial charge in [-0.25, -0.2) is 9.98 Å². The normalized spacial score (nSPS) is 20.4. The van der Waals surface area contributed by atoms with E-state index >= 15 is 0 Å². The average molecular weight is 278 g/mol. The highest BCUT2D eigenvalue weighted by Crippen LogP contribution is 2.06. The van der Waals surface area contributed by atoms with E-state index in [0.717, 1.165) is 15.7 Å². The van der Waals surface area contributed by atoms with E-state index in [0.29, 0.717) is 0 Å². The van der Waals surface area contributed by atoms with Crippen LogP contribution < -0.4 is 10.7 Å². The number of hydrogen-bond acceptors (Lipinski definition) is 2. The van der Waals surface area contributed by atoms with Gasteiger partial charge in [-0.15, -0.1) is 0 Å². The third-order valence-electron chi connectivity index (χ3n) is 1.47. The molecule has 0 N–H and O–H groups in total. The molecule has 56 valence electrons. The maximum atomic E-state index is 5.90. The highest BCUT2D eigenvalue weighted by Gasteiger charge is 2.06. The van der Waals surface area contributed by atoms with Crippen LogP contribution in [0.5, 0.6) is 0 Å². The van der Waals surface area contributed by atoms with Gasteiger partial charge in [0, 0.05) is 11.4 Å². The van der Waals surface area contributed by atoms with Crippen molar-refractivity contribution >= 4 is 40.3 Å². The van der Waals surface area contributed by atoms with Gasteiger partial charge in [-0.2, -0.15) is 0 Å². The predicted molar refractivity (Wildman–Crippen MR) is 52.3 cm³/mol. The molecule has 0 saturated heterocycles. The monoisotopic (exact) mass is 278 g/mol. The van der Waals surface area contributed by atoms with Gasteiger partial charge >= 0.3 is 0 Å². The zero-order valence-electron chi connectivity index (χ0n) is 5.46. The minimum Gasteiger partial charge on any atom is -0.248 e. The summed E-state index contributed by atoms with van der Waals surface area (Å²) in [5.41, 5.74) is 0.761. The Labute approximate surface area is 82.1 Å². The average Bonchev–Trinajstić information content (AvgIpc) is 2.31. The summed E-state index contributed by atoms with van der Waals surface area (Å²) in [5, 5.41) is 1.70. The van der Waals surface area contributed by atoms with Crippen molar-refractivity contribution in [1.29, 1.82) is 0 Å². The summed E-state index contributed by atoms with van der Waals surface area (Å²) in [6, 6.07) is 1.78. The summed E-state index contributed by atoms with van der Waals surface area (Å²) in [6.07, 6.45) is 3.68. The number of nitrogens with zero attached hydrogens (tertiary/aromatic N) is 2. The maximum Gasteiger partial charge on any atom is 0.157 e. The molecule has 0 radical (unpaired) electrons. The van der Waals surface area contributed by atoms with Crippen LogP contribution in [0.4, 0.5) is 0 Å². The second-order valence-corrected chi connectivity index (χ2v) is 3.88. The Morgan fingerprint density at radius 3 is 3.09 bits per heavy atom. The number of hydrogen-bond donors (Lipinski definition) is 0. The highest BCUT2D eigenvalue weighted by molar-refractivity contribution is 14.1. The van der Waals surface area contributed by atoms with Gasteiger partial charge in [0.05, 0.1) is 5.02 Å². The second kappa shape index (κ2) is 2.71. The van der Waals surface area contributed by atoms with Gasteiger partial charge < -0.3 is 0 Å². The van der Waals surface area contributed by atoms with Crippen LogP contribution in [0.2, 0.25) is 5.02 Å². The molecule has 11 heavy (non-hydrogen) atoms. The molecule has 1 aromatic rings. The van der Waals surface area contributed by atoms with E-state index in [2.05, 4.69) is 32.6 Å². The number of fused-ring (bicyclic) bond motifs is 1. The van der Waals surface area contributed by atoms with Crippen molar-refractivity contribution in [3.63, 3.8) is 0 Å². The lowest BCUT2D eigenvalue weighted by Crippen LogP contribution is -2.25. The van der Waals surface area contributed by atoms with Crippen LogP contribution in [-0.4, -0.2) is 9.03 Å². The lowest BCUT2D eigenvalue weighted by Gasteiger charge is -1.85. The van der Waals surface area contributed by atoms with E-state index in [1.54, 1.807) is 12.3 Å². The van der Waals surface area contributed by atoms with E-state index in [1.165, 1.54) is 0 Å². The molecule has 2 heterocycles. The van der Waals surface area contributed by atoms with Crippen molar-refractivity contribution in [2.75, 3.05) is 0 Å². The third-order valence-corrected chi connectivity index (χ3v) is 2.43. The number of halogens is 2. The molecule has 4 heteroatoms.